The summed E-state index contributed by atoms with van der Waals surface area (Å²) in [7, 11) is 0.882. The molecule has 108 valence electrons. The maximum Gasteiger partial charge on any atom is 0.134 e. The summed E-state index contributed by atoms with van der Waals surface area (Å²) in [6.45, 7) is 14.7. The number of rotatable bonds is 10. The molecule has 5 heteroatoms. The van der Waals surface area contributed by atoms with E-state index in [1.807, 2.05) is 0 Å². The second-order valence-electron chi connectivity index (χ2n) is 4.79. The molecular weight excluding hydrogens is 247 g/mol. The first-order valence-corrected chi connectivity index (χ1v) is 7.75. The van der Waals surface area contributed by atoms with Gasteiger partial charge in [-0.3, -0.25) is 4.67 Å². The highest BCUT2D eigenvalue weighted by Gasteiger charge is 2.26. The van der Waals surface area contributed by atoms with Gasteiger partial charge in [-0.15, -0.1) is 0 Å². The van der Waals surface area contributed by atoms with Gasteiger partial charge in [-0.05, 0) is 34.1 Å². The van der Waals surface area contributed by atoms with Gasteiger partial charge < -0.3 is 15.0 Å². The molecule has 0 rings (SSSR count). The summed E-state index contributed by atoms with van der Waals surface area (Å²) in [5, 5.41) is 0.991. The van der Waals surface area contributed by atoms with Crippen molar-refractivity contribution >= 4 is 8.30 Å². The van der Waals surface area contributed by atoms with E-state index in [0.717, 1.165) is 18.3 Å². The Bertz CT molecular complexity index is 227. The van der Waals surface area contributed by atoms with Crippen molar-refractivity contribution in [3.05, 3.63) is 11.9 Å². The van der Waals surface area contributed by atoms with Crippen molar-refractivity contribution in [2.45, 2.75) is 46.2 Å². The van der Waals surface area contributed by atoms with Gasteiger partial charge in [0.1, 0.15) is 8.30 Å². The zero-order valence-electron chi connectivity index (χ0n) is 12.5. The quantitative estimate of drug-likeness (QED) is 0.492. The van der Waals surface area contributed by atoms with Crippen molar-refractivity contribution < 1.29 is 9.26 Å². The van der Waals surface area contributed by atoms with Crippen LogP contribution in [0.25, 0.3) is 0 Å². The molecule has 0 bridgehead atoms. The lowest BCUT2D eigenvalue weighted by atomic mass is 10.3. The van der Waals surface area contributed by atoms with Crippen molar-refractivity contribution in [1.82, 2.24) is 4.67 Å². The third-order valence-corrected chi connectivity index (χ3v) is 4.97. The summed E-state index contributed by atoms with van der Waals surface area (Å²) in [5.74, 6) is 0. The maximum absolute atomic E-state index is 6.01. The molecule has 0 amide bonds. The molecule has 0 spiro atoms. The third-order valence-electron chi connectivity index (χ3n) is 2.48. The number of hydrogen-bond donors (Lipinski definition) is 1. The highest BCUT2D eigenvalue weighted by Crippen LogP contribution is 2.50. The van der Waals surface area contributed by atoms with E-state index in [9.17, 15) is 0 Å². The molecule has 0 saturated heterocycles. The van der Waals surface area contributed by atoms with Crippen LogP contribution in [0, 0.1) is 0 Å². The van der Waals surface area contributed by atoms with Gasteiger partial charge >= 0.3 is 0 Å². The molecule has 1 atom stereocenters. The fourth-order valence-electron chi connectivity index (χ4n) is 1.77. The van der Waals surface area contributed by atoms with E-state index in [4.69, 9.17) is 15.0 Å². The van der Waals surface area contributed by atoms with Crippen molar-refractivity contribution in [3.63, 3.8) is 0 Å². The molecule has 2 N–H and O–H groups in total. The number of nitrogens with zero attached hydrogens (tertiary/aromatic N) is 1. The van der Waals surface area contributed by atoms with Gasteiger partial charge in [-0.25, -0.2) is 0 Å². The summed E-state index contributed by atoms with van der Waals surface area (Å²) in [6, 6.07) is 0.837. The lowest BCUT2D eigenvalue weighted by Crippen LogP contribution is -2.34. The first-order chi connectivity index (χ1) is 8.45. The Morgan fingerprint density at radius 1 is 1.22 bits per heavy atom. The standard InChI is InChI=1S/C13H29N2O2P/c1-11(2)15(12(3)4)18(13(5)10-14)17-9-7-8-16-6/h11-12H,5,7-10,14H2,1-4,6H3. The fraction of sp³-hybridized carbons (Fsp3) is 0.846. The Hall–Kier alpha value is 0.0100. The number of hydrogen-bond acceptors (Lipinski definition) is 4. The molecule has 0 saturated carbocycles. The van der Waals surface area contributed by atoms with Crippen LogP contribution in [0.3, 0.4) is 0 Å². The van der Waals surface area contributed by atoms with Gasteiger partial charge in [0.15, 0.2) is 0 Å². The van der Waals surface area contributed by atoms with Gasteiger partial charge in [-0.1, -0.05) is 6.58 Å². The molecule has 0 aromatic rings. The first-order valence-electron chi connectivity index (χ1n) is 6.53. The zero-order valence-corrected chi connectivity index (χ0v) is 13.4. The molecule has 0 radical (unpaired) electrons. The second kappa shape index (κ2) is 9.88. The predicted molar refractivity (Wildman–Crippen MR) is 79.7 cm³/mol. The lowest BCUT2D eigenvalue weighted by Gasteiger charge is -2.37. The highest BCUT2D eigenvalue weighted by atomic mass is 31.2. The molecule has 0 aliphatic carbocycles. The Balaban J connectivity index is 4.58. The summed E-state index contributed by atoms with van der Waals surface area (Å²) < 4.78 is 13.4. The summed E-state index contributed by atoms with van der Waals surface area (Å²) in [6.07, 6.45) is 0.900. The van der Waals surface area contributed by atoms with Crippen LogP contribution in [0.1, 0.15) is 34.1 Å². The van der Waals surface area contributed by atoms with Gasteiger partial charge in [0, 0.05) is 37.7 Å². The summed E-state index contributed by atoms with van der Waals surface area (Å²) >= 11 is 0. The highest BCUT2D eigenvalue weighted by molar-refractivity contribution is 7.54. The minimum absolute atomic E-state index is 0.418. The van der Waals surface area contributed by atoms with Gasteiger partial charge in [0.25, 0.3) is 0 Å². The van der Waals surface area contributed by atoms with Crippen molar-refractivity contribution in [2.24, 2.45) is 5.73 Å². The molecule has 0 aliphatic rings. The second-order valence-corrected chi connectivity index (χ2v) is 6.69. The largest absolute Gasteiger partial charge is 0.385 e. The molecule has 18 heavy (non-hydrogen) atoms. The minimum Gasteiger partial charge on any atom is -0.385 e. The summed E-state index contributed by atoms with van der Waals surface area (Å²) in [5.41, 5.74) is 5.73. The van der Waals surface area contributed by atoms with Crippen molar-refractivity contribution in [1.29, 1.82) is 0 Å². The van der Waals surface area contributed by atoms with E-state index < -0.39 is 8.30 Å². The summed E-state index contributed by atoms with van der Waals surface area (Å²) in [4.78, 5) is 0. The topological polar surface area (TPSA) is 47.7 Å². The minimum atomic E-state index is -0.823. The zero-order chi connectivity index (χ0) is 14.1. The fourth-order valence-corrected chi connectivity index (χ4v) is 3.71. The number of nitrogens with two attached hydrogens (primary N) is 1. The van der Waals surface area contributed by atoms with Crippen molar-refractivity contribution in [2.75, 3.05) is 26.9 Å². The Morgan fingerprint density at radius 3 is 2.17 bits per heavy atom. The van der Waals surface area contributed by atoms with E-state index in [0.29, 0.717) is 25.2 Å². The average Bonchev–Trinajstić information content (AvgIpc) is 2.30. The van der Waals surface area contributed by atoms with E-state index >= 15 is 0 Å². The number of ether oxygens (including phenoxy) is 1. The van der Waals surface area contributed by atoms with E-state index in [1.54, 1.807) is 7.11 Å². The van der Waals surface area contributed by atoms with E-state index in [1.165, 1.54) is 0 Å². The Kier molecular flexibility index (Phi) is 9.88. The van der Waals surface area contributed by atoms with Crippen LogP contribution < -0.4 is 5.73 Å². The number of methoxy groups -OCH3 is 1. The van der Waals surface area contributed by atoms with Crippen LogP contribution in [-0.2, 0) is 9.26 Å². The van der Waals surface area contributed by atoms with Gasteiger partial charge in [0.2, 0.25) is 0 Å². The average molecular weight is 276 g/mol. The molecule has 0 fully saturated rings. The van der Waals surface area contributed by atoms with E-state index in [2.05, 4.69) is 38.9 Å². The molecule has 1 unspecified atom stereocenters. The predicted octanol–water partition coefficient (Wildman–Crippen LogP) is 2.94. The van der Waals surface area contributed by atoms with Crippen LogP contribution in [0.4, 0.5) is 0 Å². The molecule has 0 aromatic heterocycles. The van der Waals surface area contributed by atoms with Gasteiger partial charge in [-0.2, -0.15) is 0 Å². The van der Waals surface area contributed by atoms with Crippen LogP contribution in [0.15, 0.2) is 11.9 Å². The Labute approximate surface area is 113 Å². The van der Waals surface area contributed by atoms with Crippen molar-refractivity contribution in [3.8, 4) is 0 Å². The normalized spacial score (nSPS) is 13.6. The van der Waals surface area contributed by atoms with Crippen LogP contribution in [0.5, 0.6) is 0 Å². The van der Waals surface area contributed by atoms with Crippen LogP contribution >= 0.6 is 8.30 Å². The molecule has 4 nitrogen and oxygen atoms in total. The molecule has 0 aromatic carbocycles. The van der Waals surface area contributed by atoms with Crippen LogP contribution in [0.2, 0.25) is 0 Å². The SMILES string of the molecule is C=C(CN)P(OCCCOC)N(C(C)C)C(C)C. The molecule has 0 aliphatic heterocycles. The lowest BCUT2D eigenvalue weighted by molar-refractivity contribution is 0.170. The smallest absolute Gasteiger partial charge is 0.134 e. The van der Waals surface area contributed by atoms with Gasteiger partial charge in [0.05, 0.1) is 6.61 Å². The van der Waals surface area contributed by atoms with Crippen LogP contribution in [-0.4, -0.2) is 43.6 Å². The van der Waals surface area contributed by atoms with E-state index in [-0.39, 0.29) is 0 Å². The third kappa shape index (κ3) is 6.26. The Morgan fingerprint density at radius 2 is 1.78 bits per heavy atom. The first kappa shape index (κ1) is 18.0. The molecular formula is C13H29N2O2P. The monoisotopic (exact) mass is 276 g/mol. The maximum atomic E-state index is 6.01. The molecule has 0 heterocycles.